The summed E-state index contributed by atoms with van der Waals surface area (Å²) in [6.45, 7) is 0. The summed E-state index contributed by atoms with van der Waals surface area (Å²) in [6.07, 6.45) is 5.36. The largest absolute Gasteiger partial charge is 0.237 e. The summed E-state index contributed by atoms with van der Waals surface area (Å²) in [7, 11) is 0. The average molecular weight is 309 g/mol. The first-order valence-corrected chi connectivity index (χ1v) is 7.49. The van der Waals surface area contributed by atoms with Crippen LogP contribution in [-0.4, -0.2) is 9.97 Å². The summed E-state index contributed by atoms with van der Waals surface area (Å²) < 4.78 is 26.6. The Balaban J connectivity index is 1.92. The highest BCUT2D eigenvalue weighted by atomic mass is 35.5. The van der Waals surface area contributed by atoms with Crippen molar-refractivity contribution in [3.63, 3.8) is 0 Å². The van der Waals surface area contributed by atoms with Gasteiger partial charge in [0.2, 0.25) is 0 Å². The van der Waals surface area contributed by atoms with Gasteiger partial charge in [-0.15, -0.1) is 0 Å². The molecule has 2 aromatic rings. The first-order chi connectivity index (χ1) is 10.1. The molecule has 1 aromatic heterocycles. The van der Waals surface area contributed by atoms with E-state index in [0.717, 1.165) is 49.4 Å². The zero-order valence-electron chi connectivity index (χ0n) is 11.5. The van der Waals surface area contributed by atoms with Gasteiger partial charge in [0, 0.05) is 23.7 Å². The summed E-state index contributed by atoms with van der Waals surface area (Å²) in [5.74, 6) is -0.673. The summed E-state index contributed by atoms with van der Waals surface area (Å²) in [5, 5.41) is 0.472. The van der Waals surface area contributed by atoms with E-state index in [0.29, 0.717) is 16.5 Å². The predicted molar refractivity (Wildman–Crippen MR) is 77.5 cm³/mol. The Bertz CT molecular complexity index is 674. The molecule has 0 bridgehead atoms. The summed E-state index contributed by atoms with van der Waals surface area (Å²) in [5.41, 5.74) is 2.38. The van der Waals surface area contributed by atoms with Gasteiger partial charge in [-0.25, -0.2) is 18.7 Å². The van der Waals surface area contributed by atoms with Gasteiger partial charge in [0.25, 0.3) is 0 Å². The van der Waals surface area contributed by atoms with Gasteiger partial charge in [-0.3, -0.25) is 0 Å². The molecule has 3 rings (SSSR count). The van der Waals surface area contributed by atoms with Gasteiger partial charge in [0.1, 0.15) is 22.6 Å². The van der Waals surface area contributed by atoms with Gasteiger partial charge in [-0.1, -0.05) is 24.1 Å². The van der Waals surface area contributed by atoms with Crippen molar-refractivity contribution in [2.24, 2.45) is 0 Å². The normalized spacial score (nSPS) is 14.6. The van der Waals surface area contributed by atoms with E-state index >= 15 is 0 Å². The molecule has 21 heavy (non-hydrogen) atoms. The van der Waals surface area contributed by atoms with E-state index in [-0.39, 0.29) is 6.42 Å². The first-order valence-electron chi connectivity index (χ1n) is 7.11. The lowest BCUT2D eigenvalue weighted by Gasteiger charge is -2.10. The molecule has 0 unspecified atom stereocenters. The van der Waals surface area contributed by atoms with E-state index in [4.69, 9.17) is 11.6 Å². The molecule has 1 aromatic carbocycles. The van der Waals surface area contributed by atoms with Crippen molar-refractivity contribution in [2.75, 3.05) is 0 Å². The monoisotopic (exact) mass is 308 g/mol. The molecule has 110 valence electrons. The Morgan fingerprint density at radius 3 is 2.67 bits per heavy atom. The van der Waals surface area contributed by atoms with Crippen LogP contribution in [0.25, 0.3) is 0 Å². The van der Waals surface area contributed by atoms with Crippen LogP contribution in [0.5, 0.6) is 0 Å². The Labute approximate surface area is 127 Å². The maximum absolute atomic E-state index is 13.7. The molecule has 0 radical (unpaired) electrons. The lowest BCUT2D eigenvalue weighted by molar-refractivity contribution is 0.573. The van der Waals surface area contributed by atoms with Gasteiger partial charge >= 0.3 is 0 Å². The summed E-state index contributed by atoms with van der Waals surface area (Å²) in [4.78, 5) is 8.82. The van der Waals surface area contributed by atoms with Crippen molar-refractivity contribution < 1.29 is 8.78 Å². The minimum atomic E-state index is -0.586. The first kappa shape index (κ1) is 14.4. The van der Waals surface area contributed by atoms with Crippen molar-refractivity contribution in [1.82, 2.24) is 9.97 Å². The molecule has 2 nitrogen and oxygen atoms in total. The number of hydrogen-bond acceptors (Lipinski definition) is 2. The van der Waals surface area contributed by atoms with E-state index in [2.05, 4.69) is 9.97 Å². The van der Waals surface area contributed by atoms with Crippen molar-refractivity contribution in [2.45, 2.75) is 38.5 Å². The number of aryl methyl sites for hydroxylation is 1. The van der Waals surface area contributed by atoms with Crippen LogP contribution in [0, 0.1) is 11.6 Å². The SMILES string of the molecule is Fc1ccc(Cc2nc(Cl)c3c(n2)CCCCC3)c(F)c1. The zero-order chi connectivity index (χ0) is 14.8. The molecule has 1 aliphatic carbocycles. The third kappa shape index (κ3) is 3.21. The van der Waals surface area contributed by atoms with Gasteiger partial charge in [0.15, 0.2) is 0 Å². The van der Waals surface area contributed by atoms with Crippen LogP contribution in [0.4, 0.5) is 8.78 Å². The number of rotatable bonds is 2. The van der Waals surface area contributed by atoms with Gasteiger partial charge in [0.05, 0.1) is 0 Å². The summed E-state index contributed by atoms with van der Waals surface area (Å²) >= 11 is 6.25. The number of hydrogen-bond donors (Lipinski definition) is 0. The van der Waals surface area contributed by atoms with Crippen LogP contribution in [0.2, 0.25) is 5.15 Å². The number of halogens is 3. The fourth-order valence-corrected chi connectivity index (χ4v) is 2.99. The molecule has 0 fully saturated rings. The minimum absolute atomic E-state index is 0.221. The second-order valence-electron chi connectivity index (χ2n) is 5.33. The van der Waals surface area contributed by atoms with Crippen molar-refractivity contribution in [3.05, 3.63) is 57.6 Å². The lowest BCUT2D eigenvalue weighted by atomic mass is 10.1. The van der Waals surface area contributed by atoms with E-state index in [1.54, 1.807) is 0 Å². The van der Waals surface area contributed by atoms with Gasteiger partial charge < -0.3 is 0 Å². The fraction of sp³-hybridized carbons (Fsp3) is 0.375. The summed E-state index contributed by atoms with van der Waals surface area (Å²) in [6, 6.07) is 3.54. The molecule has 0 aliphatic heterocycles. The third-order valence-electron chi connectivity index (χ3n) is 3.79. The van der Waals surface area contributed by atoms with E-state index in [1.807, 2.05) is 0 Å². The van der Waals surface area contributed by atoms with Crippen LogP contribution in [0.3, 0.4) is 0 Å². The number of benzene rings is 1. The smallest absolute Gasteiger partial charge is 0.136 e. The van der Waals surface area contributed by atoms with E-state index in [1.165, 1.54) is 12.1 Å². The fourth-order valence-electron chi connectivity index (χ4n) is 2.69. The third-order valence-corrected chi connectivity index (χ3v) is 4.11. The van der Waals surface area contributed by atoms with Gasteiger partial charge in [-0.2, -0.15) is 0 Å². The molecule has 1 heterocycles. The Hall–Kier alpha value is -1.55. The molecule has 0 saturated carbocycles. The van der Waals surface area contributed by atoms with Crippen LogP contribution in [-0.2, 0) is 19.3 Å². The molecule has 5 heteroatoms. The van der Waals surface area contributed by atoms with Gasteiger partial charge in [-0.05, 0) is 37.3 Å². The maximum atomic E-state index is 13.7. The number of nitrogens with zero attached hydrogens (tertiary/aromatic N) is 2. The van der Waals surface area contributed by atoms with Crippen molar-refractivity contribution in [3.8, 4) is 0 Å². The molecule has 0 saturated heterocycles. The number of aromatic nitrogens is 2. The van der Waals surface area contributed by atoms with Crippen LogP contribution >= 0.6 is 11.6 Å². The molecule has 0 amide bonds. The standard InChI is InChI=1S/C16H15ClF2N2/c17-16-12-4-2-1-3-5-14(12)20-15(21-16)8-10-6-7-11(18)9-13(10)19/h6-7,9H,1-5,8H2. The molecule has 1 aliphatic rings. The highest BCUT2D eigenvalue weighted by Gasteiger charge is 2.16. The molecule has 0 spiro atoms. The molecule has 0 atom stereocenters. The van der Waals surface area contributed by atoms with Crippen LogP contribution in [0.15, 0.2) is 18.2 Å². The molecular formula is C16H15ClF2N2. The Morgan fingerprint density at radius 2 is 1.86 bits per heavy atom. The van der Waals surface area contributed by atoms with E-state index in [9.17, 15) is 8.78 Å². The Kier molecular flexibility index (Phi) is 4.15. The zero-order valence-corrected chi connectivity index (χ0v) is 12.3. The predicted octanol–water partition coefficient (Wildman–Crippen LogP) is 4.27. The quantitative estimate of drug-likeness (QED) is 0.611. The second kappa shape index (κ2) is 6.06. The highest BCUT2D eigenvalue weighted by Crippen LogP contribution is 2.25. The second-order valence-corrected chi connectivity index (χ2v) is 5.69. The minimum Gasteiger partial charge on any atom is -0.237 e. The molecule has 0 N–H and O–H groups in total. The van der Waals surface area contributed by atoms with Crippen molar-refractivity contribution >= 4 is 11.6 Å². The lowest BCUT2D eigenvalue weighted by Crippen LogP contribution is -2.06. The average Bonchev–Trinajstić information content (AvgIpc) is 2.68. The van der Waals surface area contributed by atoms with E-state index < -0.39 is 11.6 Å². The van der Waals surface area contributed by atoms with Crippen LogP contribution in [0.1, 0.15) is 41.9 Å². The topological polar surface area (TPSA) is 25.8 Å². The number of fused-ring (bicyclic) bond motifs is 1. The molecular weight excluding hydrogens is 294 g/mol. The highest BCUT2D eigenvalue weighted by molar-refractivity contribution is 6.30. The maximum Gasteiger partial charge on any atom is 0.136 e. The van der Waals surface area contributed by atoms with Crippen molar-refractivity contribution in [1.29, 1.82) is 0 Å². The van der Waals surface area contributed by atoms with Crippen LogP contribution < -0.4 is 0 Å². The Morgan fingerprint density at radius 1 is 1.05 bits per heavy atom.